The molecule has 1 N–H and O–H groups in total. The maximum absolute atomic E-state index is 10.7. The third kappa shape index (κ3) is 2.96. The molecule has 0 radical (unpaired) electrons. The van der Waals surface area contributed by atoms with Crippen molar-refractivity contribution < 1.29 is 9.90 Å². The van der Waals surface area contributed by atoms with Crippen molar-refractivity contribution in [2.75, 3.05) is 0 Å². The molecule has 0 amide bonds. The van der Waals surface area contributed by atoms with Gasteiger partial charge in [-0.05, 0) is 32.5 Å². The molecule has 0 fully saturated rings. The summed E-state index contributed by atoms with van der Waals surface area (Å²) in [5.74, 6) is 0.206. The van der Waals surface area contributed by atoms with Gasteiger partial charge in [-0.3, -0.25) is 0 Å². The highest BCUT2D eigenvalue weighted by Gasteiger charge is 2.18. The fraction of sp³-hybridized carbons (Fsp3) is 0.312. The Morgan fingerprint density at radius 1 is 1.25 bits per heavy atom. The van der Waals surface area contributed by atoms with Gasteiger partial charge >= 0.3 is 0 Å². The maximum atomic E-state index is 10.7. The fourth-order valence-electron chi connectivity index (χ4n) is 2.01. The number of hydrogen-bond acceptors (Lipinski definition) is 3. The minimum atomic E-state index is 0.110. The summed E-state index contributed by atoms with van der Waals surface area (Å²) in [6, 6.07) is 8.20. The predicted molar refractivity (Wildman–Crippen MR) is 87.6 cm³/mol. The summed E-state index contributed by atoms with van der Waals surface area (Å²) in [4.78, 5) is 11.5. The summed E-state index contributed by atoms with van der Waals surface area (Å²) in [7, 11) is 0. The van der Waals surface area contributed by atoms with Crippen molar-refractivity contribution in [3.63, 3.8) is 0 Å². The average molecular weight is 353 g/mol. The Labute approximate surface area is 131 Å². The number of hydrogen-bond donors (Lipinski definition) is 1. The van der Waals surface area contributed by atoms with Crippen LogP contribution in [0.3, 0.4) is 0 Å². The topological polar surface area (TPSA) is 37.3 Å². The lowest BCUT2D eigenvalue weighted by Gasteiger charge is -2.19. The highest BCUT2D eigenvalue weighted by molar-refractivity contribution is 9.11. The van der Waals surface area contributed by atoms with E-state index in [0.29, 0.717) is 5.56 Å². The monoisotopic (exact) mass is 352 g/mol. The normalized spacial score (nSPS) is 11.6. The standard InChI is InChI=1S/C16H17BrO2S/c1-16(2,3)11-6-4-10(5-7-11)14-13(19)12(8-9-18)15(17)20-14/h4-7,9,19H,8H2,1-3H3. The molecule has 0 aliphatic rings. The molecule has 4 heteroatoms. The summed E-state index contributed by atoms with van der Waals surface area (Å²) in [6.45, 7) is 6.51. The Morgan fingerprint density at radius 2 is 1.85 bits per heavy atom. The highest BCUT2D eigenvalue weighted by atomic mass is 79.9. The second kappa shape index (κ2) is 5.70. The lowest BCUT2D eigenvalue weighted by Crippen LogP contribution is -2.10. The molecule has 0 aliphatic heterocycles. The molecule has 0 atom stereocenters. The summed E-state index contributed by atoms with van der Waals surface area (Å²) in [6.07, 6.45) is 1.03. The van der Waals surface area contributed by atoms with E-state index in [1.54, 1.807) is 0 Å². The van der Waals surface area contributed by atoms with Gasteiger partial charge in [-0.1, -0.05) is 45.0 Å². The van der Waals surface area contributed by atoms with Gasteiger partial charge in [0.15, 0.2) is 0 Å². The molecular weight excluding hydrogens is 336 g/mol. The Morgan fingerprint density at radius 3 is 2.35 bits per heavy atom. The third-order valence-corrected chi connectivity index (χ3v) is 5.25. The third-order valence-electron chi connectivity index (χ3n) is 3.23. The van der Waals surface area contributed by atoms with Crippen LogP contribution in [0.2, 0.25) is 0 Å². The van der Waals surface area contributed by atoms with Crippen molar-refractivity contribution in [1.82, 2.24) is 0 Å². The molecule has 1 aromatic heterocycles. The van der Waals surface area contributed by atoms with Gasteiger partial charge in [-0.2, -0.15) is 0 Å². The van der Waals surface area contributed by atoms with Crippen LogP contribution in [-0.4, -0.2) is 11.4 Å². The molecule has 0 bridgehead atoms. The van der Waals surface area contributed by atoms with Gasteiger partial charge in [0, 0.05) is 12.0 Å². The van der Waals surface area contributed by atoms with Gasteiger partial charge < -0.3 is 9.90 Å². The van der Waals surface area contributed by atoms with E-state index < -0.39 is 0 Å². The second-order valence-corrected chi connectivity index (χ2v) is 8.07. The average Bonchev–Trinajstić information content (AvgIpc) is 2.66. The van der Waals surface area contributed by atoms with E-state index in [-0.39, 0.29) is 17.6 Å². The lowest BCUT2D eigenvalue weighted by molar-refractivity contribution is -0.107. The molecule has 2 aromatic rings. The zero-order valence-corrected chi connectivity index (χ0v) is 14.1. The first-order chi connectivity index (χ1) is 9.34. The molecule has 0 unspecified atom stereocenters. The van der Waals surface area contributed by atoms with Gasteiger partial charge in [-0.15, -0.1) is 11.3 Å². The van der Waals surface area contributed by atoms with Crippen molar-refractivity contribution in [2.24, 2.45) is 0 Å². The van der Waals surface area contributed by atoms with E-state index in [9.17, 15) is 9.90 Å². The molecule has 1 heterocycles. The van der Waals surface area contributed by atoms with E-state index >= 15 is 0 Å². The van der Waals surface area contributed by atoms with Crippen LogP contribution in [-0.2, 0) is 16.6 Å². The highest BCUT2D eigenvalue weighted by Crippen LogP contribution is 2.44. The number of carbonyl (C=O) groups is 1. The van der Waals surface area contributed by atoms with Crippen LogP contribution in [0, 0.1) is 0 Å². The van der Waals surface area contributed by atoms with Crippen molar-refractivity contribution in [3.05, 3.63) is 39.2 Å². The Kier molecular flexibility index (Phi) is 4.35. The molecule has 0 saturated carbocycles. The first kappa shape index (κ1) is 15.3. The van der Waals surface area contributed by atoms with Gasteiger partial charge in [0.05, 0.1) is 8.66 Å². The number of thiophene rings is 1. The molecule has 0 spiro atoms. The molecule has 0 saturated heterocycles. The maximum Gasteiger partial charge on any atom is 0.138 e. The quantitative estimate of drug-likeness (QED) is 0.795. The molecule has 0 aliphatic carbocycles. The zero-order chi connectivity index (χ0) is 14.9. The largest absolute Gasteiger partial charge is 0.506 e. The molecule has 2 rings (SSSR count). The molecule has 20 heavy (non-hydrogen) atoms. The number of aldehydes is 1. The van der Waals surface area contributed by atoms with Crippen LogP contribution in [0.1, 0.15) is 31.9 Å². The van der Waals surface area contributed by atoms with Gasteiger partial charge in [0.25, 0.3) is 0 Å². The smallest absolute Gasteiger partial charge is 0.138 e. The van der Waals surface area contributed by atoms with Crippen LogP contribution in [0.15, 0.2) is 28.1 Å². The molecule has 1 aromatic carbocycles. The minimum absolute atomic E-state index is 0.110. The van der Waals surface area contributed by atoms with Gasteiger partial charge in [-0.25, -0.2) is 0 Å². The first-order valence-corrected chi connectivity index (χ1v) is 8.00. The van der Waals surface area contributed by atoms with Crippen LogP contribution in [0.25, 0.3) is 10.4 Å². The Hall–Kier alpha value is -1.13. The molecule has 106 valence electrons. The lowest BCUT2D eigenvalue weighted by atomic mass is 9.86. The van der Waals surface area contributed by atoms with Crippen LogP contribution in [0.5, 0.6) is 5.75 Å². The van der Waals surface area contributed by atoms with Crippen LogP contribution >= 0.6 is 27.3 Å². The number of halogens is 1. The minimum Gasteiger partial charge on any atom is -0.506 e. The fourth-order valence-corrected chi connectivity index (χ4v) is 3.80. The van der Waals surface area contributed by atoms with E-state index in [4.69, 9.17) is 0 Å². The summed E-state index contributed by atoms with van der Waals surface area (Å²) < 4.78 is 0.817. The first-order valence-electron chi connectivity index (χ1n) is 6.39. The van der Waals surface area contributed by atoms with Crippen LogP contribution < -0.4 is 0 Å². The van der Waals surface area contributed by atoms with Crippen molar-refractivity contribution in [2.45, 2.75) is 32.6 Å². The molecule has 2 nitrogen and oxygen atoms in total. The number of carbonyl (C=O) groups excluding carboxylic acids is 1. The Bertz CT molecular complexity index is 621. The SMILES string of the molecule is CC(C)(C)c1ccc(-c2sc(Br)c(CC=O)c2O)cc1. The zero-order valence-electron chi connectivity index (χ0n) is 11.7. The van der Waals surface area contributed by atoms with E-state index in [1.807, 2.05) is 12.1 Å². The van der Waals surface area contributed by atoms with Crippen molar-refractivity contribution in [1.29, 1.82) is 0 Å². The van der Waals surface area contributed by atoms with E-state index in [2.05, 4.69) is 48.8 Å². The van der Waals surface area contributed by atoms with E-state index in [0.717, 1.165) is 20.5 Å². The number of benzene rings is 1. The number of rotatable bonds is 3. The van der Waals surface area contributed by atoms with Crippen molar-refractivity contribution >= 4 is 33.6 Å². The van der Waals surface area contributed by atoms with Gasteiger partial charge in [0.2, 0.25) is 0 Å². The van der Waals surface area contributed by atoms with Gasteiger partial charge in [0.1, 0.15) is 12.0 Å². The van der Waals surface area contributed by atoms with Crippen molar-refractivity contribution in [3.8, 4) is 16.2 Å². The molecular formula is C16H17BrO2S. The summed E-state index contributed by atoms with van der Waals surface area (Å²) in [5, 5.41) is 10.2. The summed E-state index contributed by atoms with van der Waals surface area (Å²) >= 11 is 4.87. The predicted octanol–water partition coefficient (Wildman–Crippen LogP) is 4.92. The Balaban J connectivity index is 2.42. The second-order valence-electron chi connectivity index (χ2n) is 5.73. The van der Waals surface area contributed by atoms with Crippen LogP contribution in [0.4, 0.5) is 0 Å². The van der Waals surface area contributed by atoms with E-state index in [1.165, 1.54) is 16.9 Å². The summed E-state index contributed by atoms with van der Waals surface area (Å²) in [5.41, 5.74) is 3.00. The number of aromatic hydroxyl groups is 1.